The van der Waals surface area contributed by atoms with Crippen molar-refractivity contribution in [3.63, 3.8) is 0 Å². The molecule has 5 rings (SSSR count). The molecule has 172 valence electrons. The summed E-state index contributed by atoms with van der Waals surface area (Å²) in [6, 6.07) is 22.3. The van der Waals surface area contributed by atoms with Crippen LogP contribution in [0, 0.1) is 0 Å². The fraction of sp³-hybridized carbons (Fsp3) is 0.185. The monoisotopic (exact) mass is 474 g/mol. The second kappa shape index (κ2) is 9.61. The van der Waals surface area contributed by atoms with Gasteiger partial charge in [0.05, 0.1) is 22.6 Å². The number of ether oxygens (including phenoxy) is 2. The molecule has 0 saturated heterocycles. The molecule has 0 atom stereocenters. The van der Waals surface area contributed by atoms with Gasteiger partial charge in [0.1, 0.15) is 13.2 Å². The number of hydrogen-bond donors (Lipinski definition) is 1. The molecule has 1 N–H and O–H groups in total. The van der Waals surface area contributed by atoms with Crippen LogP contribution in [-0.2, 0) is 13.0 Å². The van der Waals surface area contributed by atoms with Crippen LogP contribution in [0.3, 0.4) is 0 Å². The Morgan fingerprint density at radius 1 is 0.941 bits per heavy atom. The standard InChI is InChI=1S/C27H23ClN2O4/c28-22-9-5-4-8-21(22)27(32)30(11-10-18-6-2-1-3-7-18)17-20-14-19-15-24-25(34-13-12-33-24)16-23(19)29-26(20)31/h1-9,14-16H,10-13,17H2,(H,29,31). The number of rotatable bonds is 6. The Bertz CT molecular complexity index is 1400. The van der Waals surface area contributed by atoms with Gasteiger partial charge in [-0.25, -0.2) is 0 Å². The van der Waals surface area contributed by atoms with Crippen LogP contribution in [0.4, 0.5) is 0 Å². The van der Waals surface area contributed by atoms with Gasteiger partial charge in [-0.15, -0.1) is 0 Å². The number of aromatic amines is 1. The molecule has 1 aliphatic rings. The molecule has 0 fully saturated rings. The van der Waals surface area contributed by atoms with Crippen LogP contribution in [0.25, 0.3) is 10.9 Å². The maximum absolute atomic E-state index is 13.5. The van der Waals surface area contributed by atoms with Crippen molar-refractivity contribution in [3.05, 3.63) is 105 Å². The normalized spacial score (nSPS) is 12.5. The first-order valence-corrected chi connectivity index (χ1v) is 11.5. The number of aromatic nitrogens is 1. The Balaban J connectivity index is 1.48. The lowest BCUT2D eigenvalue weighted by Gasteiger charge is -2.24. The Morgan fingerprint density at radius 3 is 2.41 bits per heavy atom. The van der Waals surface area contributed by atoms with Crippen molar-refractivity contribution in [1.29, 1.82) is 0 Å². The van der Waals surface area contributed by atoms with Crippen molar-refractivity contribution in [2.75, 3.05) is 19.8 Å². The lowest BCUT2D eigenvalue weighted by molar-refractivity contribution is 0.0744. The third-order valence-electron chi connectivity index (χ3n) is 5.85. The van der Waals surface area contributed by atoms with Crippen LogP contribution in [0.2, 0.25) is 5.02 Å². The van der Waals surface area contributed by atoms with Gasteiger partial charge in [0, 0.05) is 23.6 Å². The summed E-state index contributed by atoms with van der Waals surface area (Å²) < 4.78 is 11.3. The average Bonchev–Trinajstić information content (AvgIpc) is 2.86. The summed E-state index contributed by atoms with van der Waals surface area (Å²) in [5.74, 6) is 1.04. The fourth-order valence-electron chi connectivity index (χ4n) is 4.08. The third kappa shape index (κ3) is 4.63. The van der Waals surface area contributed by atoms with Crippen LogP contribution in [0.1, 0.15) is 21.5 Å². The first kappa shape index (κ1) is 22.0. The van der Waals surface area contributed by atoms with Crippen LogP contribution in [0.5, 0.6) is 11.5 Å². The predicted octanol–water partition coefficient (Wildman–Crippen LogP) is 4.84. The molecule has 7 heteroatoms. The van der Waals surface area contributed by atoms with Crippen molar-refractivity contribution < 1.29 is 14.3 Å². The molecule has 4 aromatic rings. The van der Waals surface area contributed by atoms with E-state index in [0.717, 1.165) is 10.9 Å². The second-order valence-corrected chi connectivity index (χ2v) is 8.56. The molecule has 0 saturated carbocycles. The predicted molar refractivity (Wildman–Crippen MR) is 132 cm³/mol. The van der Waals surface area contributed by atoms with Crippen LogP contribution >= 0.6 is 11.6 Å². The number of carbonyl (C=O) groups excluding carboxylic acids is 1. The Labute approximate surface area is 201 Å². The molecule has 1 aliphatic heterocycles. The molecule has 0 radical (unpaired) electrons. The molecule has 3 aromatic carbocycles. The van der Waals surface area contributed by atoms with E-state index in [-0.39, 0.29) is 18.0 Å². The minimum absolute atomic E-state index is 0.149. The minimum atomic E-state index is -0.249. The topological polar surface area (TPSA) is 71.6 Å². The molecular formula is C27H23ClN2O4. The molecule has 0 bridgehead atoms. The highest BCUT2D eigenvalue weighted by Crippen LogP contribution is 2.33. The molecule has 2 heterocycles. The van der Waals surface area contributed by atoms with Gasteiger partial charge in [-0.2, -0.15) is 0 Å². The minimum Gasteiger partial charge on any atom is -0.486 e. The zero-order chi connectivity index (χ0) is 23.5. The SMILES string of the molecule is O=C(c1ccccc1Cl)N(CCc1ccccc1)Cc1cc2cc3c(cc2[nH]c1=O)OCCO3. The molecule has 6 nitrogen and oxygen atoms in total. The lowest BCUT2D eigenvalue weighted by atomic mass is 10.1. The Kier molecular flexibility index (Phi) is 6.23. The van der Waals surface area contributed by atoms with Gasteiger partial charge in [0.15, 0.2) is 11.5 Å². The molecule has 1 amide bonds. The van der Waals surface area contributed by atoms with E-state index in [1.807, 2.05) is 42.5 Å². The smallest absolute Gasteiger partial charge is 0.255 e. The van der Waals surface area contributed by atoms with E-state index in [2.05, 4.69) is 4.98 Å². The molecule has 1 aromatic heterocycles. The van der Waals surface area contributed by atoms with E-state index in [0.29, 0.717) is 59.3 Å². The zero-order valence-electron chi connectivity index (χ0n) is 18.4. The van der Waals surface area contributed by atoms with E-state index in [1.54, 1.807) is 35.2 Å². The average molecular weight is 475 g/mol. The number of nitrogens with zero attached hydrogens (tertiary/aromatic N) is 1. The maximum atomic E-state index is 13.5. The van der Waals surface area contributed by atoms with Crippen molar-refractivity contribution in [2.24, 2.45) is 0 Å². The summed E-state index contributed by atoms with van der Waals surface area (Å²) in [5, 5.41) is 1.19. The Morgan fingerprint density at radius 2 is 1.65 bits per heavy atom. The molecule has 0 unspecified atom stereocenters. The number of pyridine rings is 1. The number of amides is 1. The van der Waals surface area contributed by atoms with E-state index in [9.17, 15) is 9.59 Å². The van der Waals surface area contributed by atoms with Crippen molar-refractivity contribution in [2.45, 2.75) is 13.0 Å². The highest BCUT2D eigenvalue weighted by molar-refractivity contribution is 6.33. The number of benzene rings is 3. The highest BCUT2D eigenvalue weighted by Gasteiger charge is 2.21. The number of nitrogens with one attached hydrogen (secondary N) is 1. The third-order valence-corrected chi connectivity index (χ3v) is 6.18. The van der Waals surface area contributed by atoms with E-state index < -0.39 is 0 Å². The summed E-state index contributed by atoms with van der Waals surface area (Å²) in [6.07, 6.45) is 0.654. The summed E-state index contributed by atoms with van der Waals surface area (Å²) in [4.78, 5) is 31.0. The fourth-order valence-corrected chi connectivity index (χ4v) is 4.29. The molecular weight excluding hydrogens is 452 g/mol. The summed E-state index contributed by atoms with van der Waals surface area (Å²) in [6.45, 7) is 1.54. The van der Waals surface area contributed by atoms with E-state index in [4.69, 9.17) is 21.1 Å². The first-order valence-electron chi connectivity index (χ1n) is 11.1. The molecule has 0 spiro atoms. The second-order valence-electron chi connectivity index (χ2n) is 8.15. The number of halogens is 1. The van der Waals surface area contributed by atoms with Gasteiger partial charge < -0.3 is 19.4 Å². The molecule has 0 aliphatic carbocycles. The maximum Gasteiger partial charge on any atom is 0.255 e. The van der Waals surface area contributed by atoms with Crippen molar-refractivity contribution in [1.82, 2.24) is 9.88 Å². The van der Waals surface area contributed by atoms with Gasteiger partial charge in [-0.05, 0) is 36.2 Å². The number of carbonyl (C=O) groups is 1. The van der Waals surface area contributed by atoms with Crippen LogP contribution < -0.4 is 15.0 Å². The van der Waals surface area contributed by atoms with E-state index in [1.165, 1.54) is 0 Å². The highest BCUT2D eigenvalue weighted by atomic mass is 35.5. The number of H-pyrrole nitrogens is 1. The summed E-state index contributed by atoms with van der Waals surface area (Å²) in [5.41, 5.74) is 2.41. The van der Waals surface area contributed by atoms with Crippen molar-refractivity contribution in [3.8, 4) is 11.5 Å². The summed E-state index contributed by atoms with van der Waals surface area (Å²) >= 11 is 6.32. The first-order chi connectivity index (χ1) is 16.6. The number of fused-ring (bicyclic) bond motifs is 2. The van der Waals surface area contributed by atoms with Gasteiger partial charge in [0.2, 0.25) is 0 Å². The number of hydrogen-bond acceptors (Lipinski definition) is 4. The quantitative estimate of drug-likeness (QED) is 0.434. The largest absolute Gasteiger partial charge is 0.486 e. The molecule has 34 heavy (non-hydrogen) atoms. The van der Waals surface area contributed by atoms with Gasteiger partial charge in [-0.1, -0.05) is 54.1 Å². The lowest BCUT2D eigenvalue weighted by Crippen LogP contribution is -2.34. The van der Waals surface area contributed by atoms with Gasteiger partial charge >= 0.3 is 0 Å². The zero-order valence-corrected chi connectivity index (χ0v) is 19.2. The van der Waals surface area contributed by atoms with Crippen LogP contribution in [-0.4, -0.2) is 35.5 Å². The van der Waals surface area contributed by atoms with Crippen LogP contribution in [0.15, 0.2) is 77.6 Å². The summed E-state index contributed by atoms with van der Waals surface area (Å²) in [7, 11) is 0. The van der Waals surface area contributed by atoms with Gasteiger partial charge in [0.25, 0.3) is 11.5 Å². The van der Waals surface area contributed by atoms with Crippen molar-refractivity contribution >= 4 is 28.4 Å². The Hall–Kier alpha value is -3.77. The van der Waals surface area contributed by atoms with E-state index >= 15 is 0 Å². The van der Waals surface area contributed by atoms with Gasteiger partial charge in [-0.3, -0.25) is 9.59 Å².